The van der Waals surface area contributed by atoms with Crippen molar-refractivity contribution in [3.8, 4) is 11.5 Å². The number of nitrogens with one attached hydrogen (secondary N) is 2. The van der Waals surface area contributed by atoms with Crippen molar-refractivity contribution in [2.45, 2.75) is 63.8 Å². The molecule has 1 heterocycles. The van der Waals surface area contributed by atoms with Crippen molar-refractivity contribution < 1.29 is 14.3 Å². The second-order valence-electron chi connectivity index (χ2n) is 8.99. The number of fused-ring (bicyclic) bond motifs is 2. The van der Waals surface area contributed by atoms with Crippen molar-refractivity contribution in [1.82, 2.24) is 10.3 Å². The molecule has 2 aliphatic carbocycles. The Morgan fingerprint density at radius 3 is 2.58 bits per heavy atom. The van der Waals surface area contributed by atoms with Crippen LogP contribution in [0.1, 0.15) is 78.2 Å². The molecule has 2 aliphatic rings. The lowest BCUT2D eigenvalue weighted by Crippen LogP contribution is -2.28. The Morgan fingerprint density at radius 1 is 1.03 bits per heavy atom. The van der Waals surface area contributed by atoms with E-state index in [0.29, 0.717) is 17.5 Å². The van der Waals surface area contributed by atoms with Crippen molar-refractivity contribution in [3.63, 3.8) is 0 Å². The van der Waals surface area contributed by atoms with Crippen LogP contribution in [0.4, 0.5) is 0 Å². The number of rotatable bonds is 10. The van der Waals surface area contributed by atoms with Crippen LogP contribution in [0.2, 0.25) is 0 Å². The number of carbonyl (C=O) groups excluding carboxylic acids is 1. The number of aromatic nitrogens is 1. The summed E-state index contributed by atoms with van der Waals surface area (Å²) in [6.07, 6.45) is 9.45. The summed E-state index contributed by atoms with van der Waals surface area (Å²) in [6, 6.07) is 7.75. The van der Waals surface area contributed by atoms with E-state index in [1.54, 1.807) is 20.3 Å². The van der Waals surface area contributed by atoms with Gasteiger partial charge in [0.1, 0.15) is 0 Å². The second kappa shape index (κ2) is 11.7. The van der Waals surface area contributed by atoms with Crippen LogP contribution in [0.5, 0.6) is 11.5 Å². The highest BCUT2D eigenvalue weighted by Crippen LogP contribution is 2.38. The van der Waals surface area contributed by atoms with Gasteiger partial charge in [-0.15, -0.1) is 12.4 Å². The zero-order valence-corrected chi connectivity index (χ0v) is 20.4. The summed E-state index contributed by atoms with van der Waals surface area (Å²) in [5.74, 6) is 1.65. The molecule has 1 unspecified atom stereocenters. The van der Waals surface area contributed by atoms with Gasteiger partial charge in [0, 0.05) is 29.3 Å². The van der Waals surface area contributed by atoms with Crippen LogP contribution in [-0.2, 0) is 12.8 Å². The van der Waals surface area contributed by atoms with Crippen molar-refractivity contribution in [3.05, 3.63) is 57.0 Å². The van der Waals surface area contributed by atoms with Gasteiger partial charge in [-0.05, 0) is 68.3 Å². The number of benzene rings is 1. The molecule has 2 N–H and O–H groups in total. The Balaban J connectivity index is 0.00000306. The third-order valence-electron chi connectivity index (χ3n) is 6.91. The normalized spacial score (nSPS) is 18.9. The maximum Gasteiger partial charge on any atom is 0.248 e. The molecule has 0 saturated carbocycles. The third-order valence-corrected chi connectivity index (χ3v) is 6.91. The molecular formula is C26H35ClN2O4. The molecule has 2 atom stereocenters. The molecule has 0 radical (unpaired) electrons. The molecule has 0 aliphatic heterocycles. The fourth-order valence-electron chi connectivity index (χ4n) is 5.19. The minimum Gasteiger partial charge on any atom is -0.493 e. The summed E-state index contributed by atoms with van der Waals surface area (Å²) in [5, 5.41) is 3.67. The lowest BCUT2D eigenvalue weighted by atomic mass is 9.91. The quantitative estimate of drug-likeness (QED) is 0.484. The number of ether oxygens (including phenoxy) is 2. The van der Waals surface area contributed by atoms with Crippen LogP contribution in [0.15, 0.2) is 29.1 Å². The van der Waals surface area contributed by atoms with Crippen molar-refractivity contribution in [2.24, 2.45) is 5.92 Å². The van der Waals surface area contributed by atoms with Crippen LogP contribution in [-0.4, -0.2) is 31.5 Å². The van der Waals surface area contributed by atoms with E-state index in [1.807, 2.05) is 18.2 Å². The third kappa shape index (κ3) is 5.79. The van der Waals surface area contributed by atoms with Crippen LogP contribution < -0.4 is 20.3 Å². The summed E-state index contributed by atoms with van der Waals surface area (Å²) < 4.78 is 10.7. The molecule has 0 spiro atoms. The number of H-pyrrole nitrogens is 1. The molecule has 0 amide bonds. The van der Waals surface area contributed by atoms with Gasteiger partial charge in [-0.2, -0.15) is 0 Å². The maximum atomic E-state index is 12.8. The molecule has 0 saturated heterocycles. The van der Waals surface area contributed by atoms with Gasteiger partial charge in [0.25, 0.3) is 0 Å². The van der Waals surface area contributed by atoms with E-state index in [4.69, 9.17) is 9.47 Å². The summed E-state index contributed by atoms with van der Waals surface area (Å²) in [7, 11) is 3.23. The highest BCUT2D eigenvalue weighted by Gasteiger charge is 2.31. The molecule has 0 fully saturated rings. The average Bonchev–Trinajstić information content (AvgIpc) is 3.11. The number of hydrogen-bond donors (Lipinski definition) is 2. The molecule has 33 heavy (non-hydrogen) atoms. The summed E-state index contributed by atoms with van der Waals surface area (Å²) in [4.78, 5) is 27.3. The van der Waals surface area contributed by atoms with Gasteiger partial charge in [0.2, 0.25) is 5.56 Å². The largest absolute Gasteiger partial charge is 0.493 e. The SMILES string of the molecule is COc1cc2c(cc1OC)C(=O)C(CCCCCCN[C@H]1CCCc3[nH]c(=O)ccc31)C2.Cl. The van der Waals surface area contributed by atoms with E-state index >= 15 is 0 Å². The summed E-state index contributed by atoms with van der Waals surface area (Å²) in [6.45, 7) is 0.983. The molecule has 2 aromatic rings. The second-order valence-corrected chi connectivity index (χ2v) is 8.99. The highest BCUT2D eigenvalue weighted by atomic mass is 35.5. The monoisotopic (exact) mass is 474 g/mol. The highest BCUT2D eigenvalue weighted by molar-refractivity contribution is 6.02. The number of aromatic amines is 1. The van der Waals surface area contributed by atoms with Crippen molar-refractivity contribution >= 4 is 18.2 Å². The fraction of sp³-hybridized carbons (Fsp3) is 0.538. The van der Waals surface area contributed by atoms with Crippen LogP contribution in [0.25, 0.3) is 0 Å². The van der Waals surface area contributed by atoms with Gasteiger partial charge in [-0.3, -0.25) is 9.59 Å². The number of ketones is 1. The summed E-state index contributed by atoms with van der Waals surface area (Å²) in [5.41, 5.74) is 4.22. The Hall–Kier alpha value is -2.31. The Morgan fingerprint density at radius 2 is 1.79 bits per heavy atom. The fourth-order valence-corrected chi connectivity index (χ4v) is 5.19. The number of Topliss-reactive ketones (excluding diaryl/α,β-unsaturated/α-hetero) is 1. The first-order valence-electron chi connectivity index (χ1n) is 11.8. The number of unbranched alkanes of at least 4 members (excludes halogenated alkanes) is 3. The molecule has 4 rings (SSSR count). The molecular weight excluding hydrogens is 440 g/mol. The van der Waals surface area contributed by atoms with Crippen molar-refractivity contribution in [1.29, 1.82) is 0 Å². The smallest absolute Gasteiger partial charge is 0.248 e. The first kappa shape index (κ1) is 25.3. The number of hydrogen-bond acceptors (Lipinski definition) is 5. The van der Waals surface area contributed by atoms with E-state index in [9.17, 15) is 9.59 Å². The Labute approximate surface area is 201 Å². The van der Waals surface area contributed by atoms with Crippen LogP contribution in [0.3, 0.4) is 0 Å². The predicted molar refractivity (Wildman–Crippen MR) is 132 cm³/mol. The van der Waals surface area contributed by atoms with E-state index in [2.05, 4.69) is 10.3 Å². The number of methoxy groups -OCH3 is 2. The number of pyridine rings is 1. The average molecular weight is 475 g/mol. The molecule has 1 aromatic heterocycles. The van der Waals surface area contributed by atoms with Gasteiger partial charge < -0.3 is 19.8 Å². The van der Waals surface area contributed by atoms with Gasteiger partial charge in [0.05, 0.1) is 14.2 Å². The topological polar surface area (TPSA) is 80.4 Å². The van der Waals surface area contributed by atoms with Gasteiger partial charge >= 0.3 is 0 Å². The first-order chi connectivity index (χ1) is 15.6. The van der Waals surface area contributed by atoms with E-state index in [0.717, 1.165) is 81.2 Å². The molecule has 0 bridgehead atoms. The van der Waals surface area contributed by atoms with E-state index in [-0.39, 0.29) is 29.7 Å². The standard InChI is InChI=1S/C26H34N2O4.ClH/c1-31-23-15-18-14-17(26(30)20(18)16-24(23)32-2)8-5-3-4-6-13-27-21-9-7-10-22-19(21)11-12-25(29)28-22;/h11-12,15-17,21,27H,3-10,13-14H2,1-2H3,(H,28,29);1H/t17?,21-;/m0./s1. The minimum absolute atomic E-state index is 0. The molecule has 1 aromatic carbocycles. The zero-order chi connectivity index (χ0) is 22.5. The number of halogens is 1. The zero-order valence-electron chi connectivity index (χ0n) is 19.6. The van der Waals surface area contributed by atoms with Crippen LogP contribution in [0, 0.1) is 5.92 Å². The molecule has 180 valence electrons. The molecule has 7 heteroatoms. The predicted octanol–water partition coefficient (Wildman–Crippen LogP) is 4.79. The van der Waals surface area contributed by atoms with E-state index < -0.39 is 0 Å². The lowest BCUT2D eigenvalue weighted by molar-refractivity contribution is 0.0928. The first-order valence-corrected chi connectivity index (χ1v) is 11.8. The van der Waals surface area contributed by atoms with Crippen molar-refractivity contribution in [2.75, 3.05) is 20.8 Å². The van der Waals surface area contributed by atoms with Gasteiger partial charge in [-0.1, -0.05) is 25.3 Å². The van der Waals surface area contributed by atoms with E-state index in [1.165, 1.54) is 5.56 Å². The summed E-state index contributed by atoms with van der Waals surface area (Å²) >= 11 is 0. The lowest BCUT2D eigenvalue weighted by Gasteiger charge is -2.26. The minimum atomic E-state index is -0.00786. The maximum absolute atomic E-state index is 12.8. The Bertz CT molecular complexity index is 1020. The molecule has 6 nitrogen and oxygen atoms in total. The number of carbonyl (C=O) groups is 1. The Kier molecular flexibility index (Phi) is 8.98. The van der Waals surface area contributed by atoms with Gasteiger partial charge in [-0.25, -0.2) is 0 Å². The number of aryl methyl sites for hydroxylation is 1. The van der Waals surface area contributed by atoms with Gasteiger partial charge in [0.15, 0.2) is 17.3 Å². The van der Waals surface area contributed by atoms with Crippen LogP contribution >= 0.6 is 12.4 Å².